The van der Waals surface area contributed by atoms with E-state index in [1.54, 1.807) is 24.3 Å². The average molecular weight is 564 g/mol. The van der Waals surface area contributed by atoms with Gasteiger partial charge in [-0.25, -0.2) is 19.5 Å². The summed E-state index contributed by atoms with van der Waals surface area (Å²) in [7, 11) is 1.49. The molecule has 2 aliphatic heterocycles. The molecule has 0 unspecified atom stereocenters. The molecule has 2 aliphatic rings. The normalized spacial score (nSPS) is 20.6. The first-order valence-electron chi connectivity index (χ1n) is 11.6. The van der Waals surface area contributed by atoms with Crippen LogP contribution in [0.5, 0.6) is 0 Å². The summed E-state index contributed by atoms with van der Waals surface area (Å²) >= 11 is 12.3. The van der Waals surface area contributed by atoms with Gasteiger partial charge in [0.25, 0.3) is 11.8 Å². The van der Waals surface area contributed by atoms with Crippen LogP contribution in [0.15, 0.2) is 60.7 Å². The topological polar surface area (TPSA) is 135 Å². The highest BCUT2D eigenvalue weighted by Gasteiger charge is 2.65. The first-order valence-corrected chi connectivity index (χ1v) is 12.4. The number of hydrogen-bond acceptors (Lipinski definition) is 6. The molecule has 2 aromatic carbocycles. The maximum Gasteiger partial charge on any atom is 0.354 e. The Labute approximate surface area is 232 Å². The first kappa shape index (κ1) is 26.2. The molecule has 12 heteroatoms. The maximum atomic E-state index is 14.2. The Hall–Kier alpha value is -4.46. The standard InChI is InChI=1S/C27H19Cl2N5O5/c1-32-26(39)34(19-10-17(28)9-18(29)11-19)25(38)27(32)14-33(13-20(27)16-7-5-15(12-30)6-8-16)23(35)21-3-2-4-22(31-21)24(36)37/h2-11,20H,13-14H2,1H3,(H,36,37)/t20-,27+/m0/s1. The smallest absolute Gasteiger partial charge is 0.354 e. The summed E-state index contributed by atoms with van der Waals surface area (Å²) in [6, 6.07) is 16.4. The fourth-order valence-electron chi connectivity index (χ4n) is 5.20. The number of imide groups is 1. The van der Waals surface area contributed by atoms with Crippen LogP contribution in [-0.2, 0) is 4.79 Å². The number of likely N-dealkylation sites (tertiary alicyclic amines) is 1. The third-order valence-electron chi connectivity index (χ3n) is 7.08. The van der Waals surface area contributed by atoms with Gasteiger partial charge in [-0.15, -0.1) is 0 Å². The van der Waals surface area contributed by atoms with Crippen molar-refractivity contribution < 1.29 is 24.3 Å². The van der Waals surface area contributed by atoms with Gasteiger partial charge in [-0.3, -0.25) is 9.59 Å². The van der Waals surface area contributed by atoms with Crippen LogP contribution in [0.3, 0.4) is 0 Å². The van der Waals surface area contributed by atoms with Crippen LogP contribution in [0.2, 0.25) is 10.0 Å². The second-order valence-electron chi connectivity index (χ2n) is 9.22. The molecule has 2 saturated heterocycles. The summed E-state index contributed by atoms with van der Waals surface area (Å²) in [6.45, 7) is -0.154. The van der Waals surface area contributed by atoms with E-state index in [2.05, 4.69) is 4.98 Å². The Morgan fingerprint density at radius 1 is 1.05 bits per heavy atom. The van der Waals surface area contributed by atoms with Gasteiger partial charge in [-0.1, -0.05) is 41.4 Å². The summed E-state index contributed by atoms with van der Waals surface area (Å²) in [5.74, 6) is -3.14. The summed E-state index contributed by atoms with van der Waals surface area (Å²) in [6.07, 6.45) is 0. The summed E-state index contributed by atoms with van der Waals surface area (Å²) in [5.41, 5.74) is -0.693. The number of pyridine rings is 1. The predicted molar refractivity (Wildman–Crippen MR) is 141 cm³/mol. The molecule has 0 saturated carbocycles. The van der Waals surface area contributed by atoms with Crippen molar-refractivity contribution in [3.05, 3.63) is 93.2 Å². The number of anilines is 1. The molecule has 10 nitrogen and oxygen atoms in total. The third-order valence-corrected chi connectivity index (χ3v) is 7.52. The van der Waals surface area contributed by atoms with E-state index in [9.17, 15) is 29.5 Å². The monoisotopic (exact) mass is 563 g/mol. The minimum Gasteiger partial charge on any atom is -0.477 e. The van der Waals surface area contributed by atoms with Gasteiger partial charge in [0.1, 0.15) is 16.9 Å². The van der Waals surface area contributed by atoms with Crippen molar-refractivity contribution in [1.82, 2.24) is 14.8 Å². The Morgan fingerprint density at radius 2 is 1.69 bits per heavy atom. The molecule has 4 amide bonds. The summed E-state index contributed by atoms with van der Waals surface area (Å²) in [4.78, 5) is 60.4. The van der Waals surface area contributed by atoms with Crippen LogP contribution >= 0.6 is 23.2 Å². The quantitative estimate of drug-likeness (QED) is 0.473. The molecule has 0 aliphatic carbocycles. The molecule has 1 spiro atoms. The number of carboxylic acid groups (broad SMARTS) is 1. The van der Waals surface area contributed by atoms with Crippen molar-refractivity contribution in [1.29, 1.82) is 5.26 Å². The van der Waals surface area contributed by atoms with Gasteiger partial charge in [-0.2, -0.15) is 5.26 Å². The van der Waals surface area contributed by atoms with Crippen LogP contribution in [0, 0.1) is 11.3 Å². The van der Waals surface area contributed by atoms with E-state index < -0.39 is 35.3 Å². The molecule has 2 fully saturated rings. The molecule has 3 aromatic rings. The number of likely N-dealkylation sites (N-methyl/N-ethyl adjacent to an activating group) is 1. The molecule has 1 N–H and O–H groups in total. The van der Waals surface area contributed by atoms with Crippen LogP contribution in [-0.4, -0.2) is 69.4 Å². The van der Waals surface area contributed by atoms with Crippen LogP contribution in [0.1, 0.15) is 38.0 Å². The molecule has 0 bridgehead atoms. The second-order valence-corrected chi connectivity index (χ2v) is 10.1. The van der Waals surface area contributed by atoms with E-state index in [1.165, 1.54) is 53.2 Å². The van der Waals surface area contributed by atoms with Crippen molar-refractivity contribution in [2.45, 2.75) is 11.5 Å². The maximum absolute atomic E-state index is 14.2. The Bertz CT molecular complexity index is 1570. The van der Waals surface area contributed by atoms with Crippen LogP contribution in [0.4, 0.5) is 10.5 Å². The Kier molecular flexibility index (Phi) is 6.50. The lowest BCUT2D eigenvalue weighted by Crippen LogP contribution is -2.54. The molecule has 1 aromatic heterocycles. The third kappa shape index (κ3) is 4.26. The lowest BCUT2D eigenvalue weighted by Gasteiger charge is -2.33. The highest BCUT2D eigenvalue weighted by atomic mass is 35.5. The molecule has 3 heterocycles. The Balaban J connectivity index is 1.61. The Morgan fingerprint density at radius 3 is 2.31 bits per heavy atom. The first-order chi connectivity index (χ1) is 18.6. The largest absolute Gasteiger partial charge is 0.477 e. The van der Waals surface area contributed by atoms with Crippen molar-refractivity contribution >= 4 is 52.7 Å². The minimum absolute atomic E-state index is 0.0250. The number of carbonyl (C=O) groups is 4. The molecule has 39 heavy (non-hydrogen) atoms. The zero-order valence-corrected chi connectivity index (χ0v) is 21.8. The van der Waals surface area contributed by atoms with Crippen LogP contribution in [0.25, 0.3) is 0 Å². The number of hydrogen-bond donors (Lipinski definition) is 1. The number of nitriles is 1. The molecule has 196 valence electrons. The number of rotatable bonds is 4. The van der Waals surface area contributed by atoms with E-state index in [0.717, 1.165) is 4.90 Å². The number of benzene rings is 2. The molecular weight excluding hydrogens is 545 g/mol. The van der Waals surface area contributed by atoms with Crippen molar-refractivity contribution in [3.8, 4) is 6.07 Å². The zero-order valence-electron chi connectivity index (χ0n) is 20.3. The van der Waals surface area contributed by atoms with Crippen molar-refractivity contribution in [2.24, 2.45) is 0 Å². The lowest BCUT2D eigenvalue weighted by molar-refractivity contribution is -0.124. The lowest BCUT2D eigenvalue weighted by atomic mass is 9.80. The fourth-order valence-corrected chi connectivity index (χ4v) is 5.71. The van der Waals surface area contributed by atoms with Crippen molar-refractivity contribution in [2.75, 3.05) is 25.0 Å². The van der Waals surface area contributed by atoms with Gasteiger partial charge in [0.15, 0.2) is 0 Å². The van der Waals surface area contributed by atoms with E-state index >= 15 is 0 Å². The van der Waals surface area contributed by atoms with Crippen LogP contribution < -0.4 is 4.90 Å². The van der Waals surface area contributed by atoms with Gasteiger partial charge in [0, 0.05) is 29.6 Å². The number of aromatic nitrogens is 1. The predicted octanol–water partition coefficient (Wildman–Crippen LogP) is 4.04. The minimum atomic E-state index is -1.51. The number of carboxylic acids is 1. The summed E-state index contributed by atoms with van der Waals surface area (Å²) in [5, 5.41) is 19.0. The second kappa shape index (κ2) is 9.69. The van der Waals surface area contributed by atoms with E-state index in [-0.39, 0.29) is 40.2 Å². The van der Waals surface area contributed by atoms with Gasteiger partial charge in [0.05, 0.1) is 23.9 Å². The molecule has 2 atom stereocenters. The fraction of sp³-hybridized carbons (Fsp3) is 0.185. The molecular formula is C27H19Cl2N5O5. The van der Waals surface area contributed by atoms with Gasteiger partial charge < -0.3 is 14.9 Å². The van der Waals surface area contributed by atoms with E-state index in [0.29, 0.717) is 11.1 Å². The molecule has 0 radical (unpaired) electrons. The average Bonchev–Trinajstić information content (AvgIpc) is 3.41. The number of aromatic carboxylic acids is 1. The van der Waals surface area contributed by atoms with Crippen molar-refractivity contribution in [3.63, 3.8) is 0 Å². The summed E-state index contributed by atoms with van der Waals surface area (Å²) < 4.78 is 0. The molecule has 5 rings (SSSR count). The van der Waals surface area contributed by atoms with Gasteiger partial charge in [0.2, 0.25) is 0 Å². The number of amides is 4. The number of halogens is 2. The van der Waals surface area contributed by atoms with Gasteiger partial charge >= 0.3 is 12.0 Å². The number of nitrogens with zero attached hydrogens (tertiary/aromatic N) is 5. The zero-order chi connectivity index (χ0) is 28.1. The van der Waals surface area contributed by atoms with E-state index in [1.807, 2.05) is 6.07 Å². The highest BCUT2D eigenvalue weighted by molar-refractivity contribution is 6.36. The van der Waals surface area contributed by atoms with Gasteiger partial charge in [-0.05, 0) is 48.0 Å². The SMILES string of the molecule is CN1C(=O)N(c2cc(Cl)cc(Cl)c2)C(=O)[C@]12CN(C(=O)c1cccc(C(=O)O)n1)C[C@H]2c1ccc(C#N)cc1. The van der Waals surface area contributed by atoms with E-state index in [4.69, 9.17) is 23.2 Å². The number of urea groups is 1. The number of carbonyl (C=O) groups excluding carboxylic acids is 3. The highest BCUT2D eigenvalue weighted by Crippen LogP contribution is 2.47.